The van der Waals surface area contributed by atoms with E-state index >= 15 is 0 Å². The lowest BCUT2D eigenvalue weighted by molar-refractivity contribution is 0.258. The topological polar surface area (TPSA) is 40.5 Å². The van der Waals surface area contributed by atoms with E-state index in [-0.39, 0.29) is 17.1 Å². The molecule has 0 aliphatic rings. The summed E-state index contributed by atoms with van der Waals surface area (Å²) in [6.45, 7) is 2.07. The first-order chi connectivity index (χ1) is 8.64. The van der Waals surface area contributed by atoms with Crippen molar-refractivity contribution in [2.45, 2.75) is 16.6 Å². The molecule has 0 aliphatic heterocycles. The SMILES string of the molecule is CC(CO)(Sc1ccc(O)cc1)c1ccccc1. The lowest BCUT2D eigenvalue weighted by atomic mass is 10.0. The first-order valence-corrected chi connectivity index (χ1v) is 6.60. The molecule has 0 radical (unpaired) electrons. The average molecular weight is 260 g/mol. The van der Waals surface area contributed by atoms with Gasteiger partial charge in [0.15, 0.2) is 0 Å². The molecule has 2 rings (SSSR count). The largest absolute Gasteiger partial charge is 0.508 e. The summed E-state index contributed by atoms with van der Waals surface area (Å²) in [5, 5.41) is 19.0. The molecule has 0 amide bonds. The number of aromatic hydroxyl groups is 1. The number of benzene rings is 2. The molecule has 0 saturated heterocycles. The molecule has 0 aromatic heterocycles. The van der Waals surface area contributed by atoms with Crippen LogP contribution in [0.4, 0.5) is 0 Å². The average Bonchev–Trinajstić information content (AvgIpc) is 2.42. The third-order valence-electron chi connectivity index (χ3n) is 2.87. The Morgan fingerprint density at radius 2 is 1.61 bits per heavy atom. The molecule has 2 aromatic carbocycles. The summed E-state index contributed by atoms with van der Waals surface area (Å²) in [6, 6.07) is 17.0. The molecule has 18 heavy (non-hydrogen) atoms. The van der Waals surface area contributed by atoms with Gasteiger partial charge in [-0.1, -0.05) is 30.3 Å². The van der Waals surface area contributed by atoms with E-state index in [0.717, 1.165) is 10.5 Å². The zero-order chi connectivity index (χ0) is 13.0. The summed E-state index contributed by atoms with van der Waals surface area (Å²) >= 11 is 1.59. The van der Waals surface area contributed by atoms with Gasteiger partial charge < -0.3 is 10.2 Å². The Hall–Kier alpha value is -1.45. The second-order valence-electron chi connectivity index (χ2n) is 4.35. The number of rotatable bonds is 4. The standard InChI is InChI=1S/C15H16O2S/c1-15(11-16,12-5-3-2-4-6-12)18-14-9-7-13(17)8-10-14/h2-10,16-17H,11H2,1H3. The van der Waals surface area contributed by atoms with Gasteiger partial charge in [-0.05, 0) is 36.8 Å². The van der Waals surface area contributed by atoms with Crippen molar-refractivity contribution in [2.24, 2.45) is 0 Å². The molecule has 0 bridgehead atoms. The van der Waals surface area contributed by atoms with Gasteiger partial charge in [0.05, 0.1) is 11.4 Å². The number of phenols is 1. The fourth-order valence-corrected chi connectivity index (χ4v) is 2.86. The van der Waals surface area contributed by atoms with Crippen molar-refractivity contribution in [3.63, 3.8) is 0 Å². The Labute approximate surface area is 111 Å². The van der Waals surface area contributed by atoms with E-state index in [2.05, 4.69) is 0 Å². The van der Waals surface area contributed by atoms with Gasteiger partial charge in [-0.3, -0.25) is 0 Å². The van der Waals surface area contributed by atoms with Crippen molar-refractivity contribution in [2.75, 3.05) is 6.61 Å². The van der Waals surface area contributed by atoms with Crippen LogP contribution in [0.3, 0.4) is 0 Å². The lowest BCUT2D eigenvalue weighted by Crippen LogP contribution is -2.22. The molecule has 2 N–H and O–H groups in total. The molecule has 1 atom stereocenters. The van der Waals surface area contributed by atoms with E-state index in [0.29, 0.717) is 0 Å². The molecule has 0 heterocycles. The molecule has 94 valence electrons. The Morgan fingerprint density at radius 3 is 2.17 bits per heavy atom. The molecule has 0 saturated carbocycles. The predicted octanol–water partition coefficient (Wildman–Crippen LogP) is 3.39. The quantitative estimate of drug-likeness (QED) is 0.828. The van der Waals surface area contributed by atoms with E-state index in [1.807, 2.05) is 49.4 Å². The summed E-state index contributed by atoms with van der Waals surface area (Å²) in [4.78, 5) is 1.02. The van der Waals surface area contributed by atoms with E-state index in [4.69, 9.17) is 0 Å². The fourth-order valence-electron chi connectivity index (χ4n) is 1.75. The van der Waals surface area contributed by atoms with Crippen molar-refractivity contribution < 1.29 is 10.2 Å². The van der Waals surface area contributed by atoms with Crippen molar-refractivity contribution in [1.82, 2.24) is 0 Å². The number of phenolic OH excluding ortho intramolecular Hbond substituents is 1. The van der Waals surface area contributed by atoms with Crippen LogP contribution >= 0.6 is 11.8 Å². The summed E-state index contributed by atoms with van der Waals surface area (Å²) < 4.78 is -0.377. The maximum absolute atomic E-state index is 9.68. The molecular formula is C15H16O2S. The van der Waals surface area contributed by atoms with Crippen molar-refractivity contribution in [3.8, 4) is 5.75 Å². The number of thioether (sulfide) groups is 1. The first-order valence-electron chi connectivity index (χ1n) is 5.78. The second-order valence-corrected chi connectivity index (χ2v) is 5.93. The summed E-state index contributed by atoms with van der Waals surface area (Å²) in [7, 11) is 0. The smallest absolute Gasteiger partial charge is 0.115 e. The molecule has 2 nitrogen and oxygen atoms in total. The molecule has 0 fully saturated rings. The van der Waals surface area contributed by atoms with Crippen molar-refractivity contribution in [1.29, 1.82) is 0 Å². The maximum Gasteiger partial charge on any atom is 0.115 e. The van der Waals surface area contributed by atoms with Crippen molar-refractivity contribution in [3.05, 3.63) is 60.2 Å². The second kappa shape index (κ2) is 5.46. The van der Waals surface area contributed by atoms with Gasteiger partial charge in [-0.15, -0.1) is 11.8 Å². The van der Waals surface area contributed by atoms with Gasteiger partial charge in [0, 0.05) is 4.90 Å². The van der Waals surface area contributed by atoms with Crippen LogP contribution < -0.4 is 0 Å². The van der Waals surface area contributed by atoms with Crippen LogP contribution in [0.25, 0.3) is 0 Å². The number of hydrogen-bond acceptors (Lipinski definition) is 3. The zero-order valence-corrected chi connectivity index (χ0v) is 11.0. The van der Waals surface area contributed by atoms with E-state index < -0.39 is 0 Å². The summed E-state index contributed by atoms with van der Waals surface area (Å²) in [5.41, 5.74) is 1.09. The Bertz CT molecular complexity index is 496. The molecule has 0 aliphatic carbocycles. The van der Waals surface area contributed by atoms with E-state index in [1.54, 1.807) is 23.9 Å². The third-order valence-corrected chi connectivity index (χ3v) is 4.19. The van der Waals surface area contributed by atoms with E-state index in [1.165, 1.54) is 0 Å². The highest BCUT2D eigenvalue weighted by Crippen LogP contribution is 2.41. The third kappa shape index (κ3) is 2.86. The van der Waals surface area contributed by atoms with E-state index in [9.17, 15) is 10.2 Å². The monoisotopic (exact) mass is 260 g/mol. The van der Waals surface area contributed by atoms with Gasteiger partial charge in [-0.25, -0.2) is 0 Å². The fraction of sp³-hybridized carbons (Fsp3) is 0.200. The molecule has 1 unspecified atom stereocenters. The zero-order valence-electron chi connectivity index (χ0n) is 10.2. The minimum absolute atomic E-state index is 0.0581. The van der Waals surface area contributed by atoms with Gasteiger partial charge in [0.25, 0.3) is 0 Å². The highest BCUT2D eigenvalue weighted by atomic mass is 32.2. The van der Waals surface area contributed by atoms with Gasteiger partial charge in [0.1, 0.15) is 5.75 Å². The van der Waals surface area contributed by atoms with Crippen LogP contribution in [-0.2, 0) is 4.75 Å². The van der Waals surface area contributed by atoms with Crippen LogP contribution in [0.5, 0.6) is 5.75 Å². The summed E-state index contributed by atoms with van der Waals surface area (Å²) in [6.07, 6.45) is 0. The predicted molar refractivity (Wildman–Crippen MR) is 74.8 cm³/mol. The maximum atomic E-state index is 9.68. The lowest BCUT2D eigenvalue weighted by Gasteiger charge is -2.27. The minimum atomic E-state index is -0.377. The molecular weight excluding hydrogens is 244 g/mol. The Balaban J connectivity index is 2.26. The van der Waals surface area contributed by atoms with Crippen LogP contribution in [0.15, 0.2) is 59.5 Å². The summed E-state index contributed by atoms with van der Waals surface area (Å²) in [5.74, 6) is 0.254. The Morgan fingerprint density at radius 1 is 1.00 bits per heavy atom. The normalized spacial score (nSPS) is 14.1. The van der Waals surface area contributed by atoms with Crippen molar-refractivity contribution >= 4 is 11.8 Å². The van der Waals surface area contributed by atoms with Gasteiger partial charge in [0.2, 0.25) is 0 Å². The van der Waals surface area contributed by atoms with Crippen LogP contribution in [0.1, 0.15) is 12.5 Å². The molecule has 0 spiro atoms. The first kappa shape index (κ1) is 13.0. The van der Waals surface area contributed by atoms with Crippen LogP contribution in [0, 0.1) is 0 Å². The highest BCUT2D eigenvalue weighted by Gasteiger charge is 2.26. The number of aliphatic hydroxyl groups excluding tert-OH is 1. The van der Waals surface area contributed by atoms with Crippen LogP contribution in [-0.4, -0.2) is 16.8 Å². The van der Waals surface area contributed by atoms with Crippen LogP contribution in [0.2, 0.25) is 0 Å². The van der Waals surface area contributed by atoms with Gasteiger partial charge in [-0.2, -0.15) is 0 Å². The Kier molecular flexibility index (Phi) is 3.94. The molecule has 3 heteroatoms. The molecule has 2 aromatic rings. The minimum Gasteiger partial charge on any atom is -0.508 e. The van der Waals surface area contributed by atoms with Gasteiger partial charge >= 0.3 is 0 Å². The number of hydrogen-bond donors (Lipinski definition) is 2. The highest BCUT2D eigenvalue weighted by molar-refractivity contribution is 8.00. The number of aliphatic hydroxyl groups is 1.